The molecular formula is C30H29ClFN5O4. The number of benzene rings is 3. The maximum absolute atomic E-state index is 13.6. The number of nitrogens with one attached hydrogen (secondary N) is 2. The van der Waals surface area contributed by atoms with Gasteiger partial charge in [-0.25, -0.2) is 14.4 Å². The smallest absolute Gasteiger partial charge is 0.248 e. The first-order valence-corrected chi connectivity index (χ1v) is 13.3. The number of carbonyl (C=O) groups is 1. The third kappa shape index (κ3) is 6.50. The van der Waals surface area contributed by atoms with Gasteiger partial charge in [0.15, 0.2) is 0 Å². The summed E-state index contributed by atoms with van der Waals surface area (Å²) < 4.78 is 30.5. The molecule has 41 heavy (non-hydrogen) atoms. The number of methoxy groups -OCH3 is 2. The van der Waals surface area contributed by atoms with Crippen molar-refractivity contribution < 1.29 is 23.4 Å². The van der Waals surface area contributed by atoms with Crippen LogP contribution in [0.25, 0.3) is 10.9 Å². The van der Waals surface area contributed by atoms with Gasteiger partial charge in [-0.05, 0) is 50.7 Å². The number of ether oxygens (including phenoxy) is 3. The summed E-state index contributed by atoms with van der Waals surface area (Å²) in [7, 11) is 5.09. The number of rotatable bonds is 9. The Hall–Kier alpha value is -4.41. The highest BCUT2D eigenvalue weighted by Crippen LogP contribution is 2.40. The number of amides is 1. The molecular weight excluding hydrogens is 549 g/mol. The summed E-state index contributed by atoms with van der Waals surface area (Å²) >= 11 is 6.52. The second kappa shape index (κ2) is 12.4. The normalized spacial score (nSPS) is 15.3. The van der Waals surface area contributed by atoms with E-state index in [1.54, 1.807) is 42.5 Å². The van der Waals surface area contributed by atoms with Gasteiger partial charge in [0.1, 0.15) is 41.0 Å². The molecule has 1 atom stereocenters. The predicted molar refractivity (Wildman–Crippen MR) is 157 cm³/mol. The summed E-state index contributed by atoms with van der Waals surface area (Å²) in [5.41, 5.74) is 1.57. The van der Waals surface area contributed by atoms with Crippen LogP contribution in [0.1, 0.15) is 12.8 Å². The molecule has 1 aromatic heterocycles. The molecule has 0 bridgehead atoms. The summed E-state index contributed by atoms with van der Waals surface area (Å²) in [5.74, 6) is 1.21. The number of hydrogen-bond acceptors (Lipinski definition) is 8. The lowest BCUT2D eigenvalue weighted by Gasteiger charge is -2.16. The van der Waals surface area contributed by atoms with E-state index >= 15 is 0 Å². The number of aromatic nitrogens is 2. The van der Waals surface area contributed by atoms with Crippen LogP contribution in [-0.2, 0) is 4.79 Å². The molecule has 1 fully saturated rings. The van der Waals surface area contributed by atoms with E-state index in [1.165, 1.54) is 32.7 Å². The average molecular weight is 578 g/mol. The van der Waals surface area contributed by atoms with Gasteiger partial charge >= 0.3 is 0 Å². The second-order valence-electron chi connectivity index (χ2n) is 9.50. The van der Waals surface area contributed by atoms with Crippen LogP contribution in [0, 0.1) is 5.82 Å². The predicted octanol–water partition coefficient (Wildman–Crippen LogP) is 6.56. The Kier molecular flexibility index (Phi) is 8.51. The standard InChI is InChI=1S/C30H29ClFN5O4/c1-37-11-5-7-19(37)9-10-29(38)35-24-13-21-23(15-27(24)39-2)33-17-34-30(21)36-25-14-22(31)26(16-28(25)40-3)41-20-8-4-6-18(32)12-20/h4,6,8-10,12-17,19H,5,7,11H2,1-3H3,(H,35,38)(H,33,34,36)/b10-9+. The molecule has 4 aromatic rings. The van der Waals surface area contributed by atoms with E-state index in [0.29, 0.717) is 51.1 Å². The number of anilines is 3. The molecule has 1 amide bonds. The maximum Gasteiger partial charge on any atom is 0.248 e. The van der Waals surface area contributed by atoms with Crippen LogP contribution < -0.4 is 24.8 Å². The third-order valence-corrected chi connectivity index (χ3v) is 7.09. The van der Waals surface area contributed by atoms with Crippen molar-refractivity contribution in [1.82, 2.24) is 14.9 Å². The Morgan fingerprint density at radius 1 is 1.07 bits per heavy atom. The summed E-state index contributed by atoms with van der Waals surface area (Å²) in [6.07, 6.45) is 7.02. The minimum atomic E-state index is -0.427. The molecule has 3 aromatic carbocycles. The number of carbonyl (C=O) groups excluding carboxylic acids is 1. The van der Waals surface area contributed by atoms with Crippen molar-refractivity contribution in [3.05, 3.63) is 77.9 Å². The lowest BCUT2D eigenvalue weighted by Crippen LogP contribution is -2.23. The monoisotopic (exact) mass is 577 g/mol. The van der Waals surface area contributed by atoms with Crippen molar-refractivity contribution in [2.45, 2.75) is 18.9 Å². The minimum Gasteiger partial charge on any atom is -0.494 e. The molecule has 2 heterocycles. The van der Waals surface area contributed by atoms with Crippen molar-refractivity contribution in [2.75, 3.05) is 38.4 Å². The first-order chi connectivity index (χ1) is 19.8. The molecule has 0 spiro atoms. The van der Waals surface area contributed by atoms with E-state index in [9.17, 15) is 9.18 Å². The van der Waals surface area contributed by atoms with Gasteiger partial charge < -0.3 is 24.8 Å². The molecule has 9 nitrogen and oxygen atoms in total. The molecule has 2 N–H and O–H groups in total. The van der Waals surface area contributed by atoms with Gasteiger partial charge in [-0.1, -0.05) is 23.7 Å². The Bertz CT molecular complexity index is 1620. The highest BCUT2D eigenvalue weighted by molar-refractivity contribution is 6.32. The van der Waals surface area contributed by atoms with Gasteiger partial charge in [0, 0.05) is 35.7 Å². The molecule has 1 aliphatic rings. The maximum atomic E-state index is 13.6. The quantitative estimate of drug-likeness (QED) is 0.216. The van der Waals surface area contributed by atoms with Gasteiger partial charge in [-0.2, -0.15) is 0 Å². The molecule has 5 rings (SSSR count). The molecule has 0 radical (unpaired) electrons. The number of halogens is 2. The summed E-state index contributed by atoms with van der Waals surface area (Å²) in [6.45, 7) is 1.02. The fourth-order valence-electron chi connectivity index (χ4n) is 4.67. The van der Waals surface area contributed by atoms with Crippen molar-refractivity contribution in [3.8, 4) is 23.0 Å². The Balaban J connectivity index is 1.43. The van der Waals surface area contributed by atoms with E-state index < -0.39 is 5.82 Å². The topological polar surface area (TPSA) is 97.8 Å². The van der Waals surface area contributed by atoms with E-state index in [2.05, 4.69) is 25.5 Å². The van der Waals surface area contributed by atoms with Crippen LogP contribution in [0.15, 0.2) is 67.0 Å². The Morgan fingerprint density at radius 3 is 2.61 bits per heavy atom. The number of hydrogen-bond donors (Lipinski definition) is 2. The number of nitrogens with zero attached hydrogens (tertiary/aromatic N) is 3. The molecule has 1 unspecified atom stereocenters. The van der Waals surface area contributed by atoms with Crippen LogP contribution in [-0.4, -0.2) is 54.6 Å². The molecule has 212 valence electrons. The van der Waals surface area contributed by atoms with E-state index in [-0.39, 0.29) is 17.0 Å². The van der Waals surface area contributed by atoms with E-state index in [4.69, 9.17) is 25.8 Å². The number of fused-ring (bicyclic) bond motifs is 1. The lowest BCUT2D eigenvalue weighted by molar-refractivity contribution is -0.111. The summed E-state index contributed by atoms with van der Waals surface area (Å²) in [6, 6.07) is 12.7. The highest BCUT2D eigenvalue weighted by atomic mass is 35.5. The van der Waals surface area contributed by atoms with Crippen LogP contribution in [0.3, 0.4) is 0 Å². The van der Waals surface area contributed by atoms with E-state index in [0.717, 1.165) is 19.4 Å². The fraction of sp³-hybridized carbons (Fsp3) is 0.233. The SMILES string of the molecule is COc1cc2ncnc(Nc3cc(Cl)c(Oc4cccc(F)c4)cc3OC)c2cc1NC(=O)/C=C/C1CCCN1C. The van der Waals surface area contributed by atoms with E-state index in [1.807, 2.05) is 13.1 Å². The van der Waals surface area contributed by atoms with Gasteiger partial charge in [-0.15, -0.1) is 0 Å². The minimum absolute atomic E-state index is 0.246. The average Bonchev–Trinajstić information content (AvgIpc) is 3.37. The summed E-state index contributed by atoms with van der Waals surface area (Å²) in [4.78, 5) is 23.8. The highest BCUT2D eigenvalue weighted by Gasteiger charge is 2.19. The fourth-order valence-corrected chi connectivity index (χ4v) is 4.87. The van der Waals surface area contributed by atoms with Crippen LogP contribution in [0.5, 0.6) is 23.0 Å². The van der Waals surface area contributed by atoms with Gasteiger partial charge in [0.25, 0.3) is 0 Å². The zero-order valence-electron chi connectivity index (χ0n) is 22.8. The Morgan fingerprint density at radius 2 is 1.88 bits per heavy atom. The molecule has 0 saturated carbocycles. The first-order valence-electron chi connectivity index (χ1n) is 12.9. The summed E-state index contributed by atoms with van der Waals surface area (Å²) in [5, 5.41) is 7.05. The van der Waals surface area contributed by atoms with Crippen molar-refractivity contribution in [1.29, 1.82) is 0 Å². The van der Waals surface area contributed by atoms with Crippen molar-refractivity contribution >= 4 is 45.6 Å². The lowest BCUT2D eigenvalue weighted by atomic mass is 10.1. The Labute approximate surface area is 241 Å². The zero-order valence-corrected chi connectivity index (χ0v) is 23.5. The molecule has 0 aliphatic carbocycles. The first kappa shape index (κ1) is 28.1. The van der Waals surface area contributed by atoms with Gasteiger partial charge in [0.2, 0.25) is 5.91 Å². The number of likely N-dealkylation sites (N-methyl/N-ethyl adjacent to an activating group) is 1. The van der Waals surface area contributed by atoms with Gasteiger partial charge in [0.05, 0.1) is 36.1 Å². The van der Waals surface area contributed by atoms with Crippen molar-refractivity contribution in [3.63, 3.8) is 0 Å². The van der Waals surface area contributed by atoms with Crippen molar-refractivity contribution in [2.24, 2.45) is 0 Å². The van der Waals surface area contributed by atoms with Crippen LogP contribution >= 0.6 is 11.6 Å². The molecule has 1 saturated heterocycles. The third-order valence-electron chi connectivity index (χ3n) is 6.79. The molecule has 11 heteroatoms. The number of likely N-dealkylation sites (tertiary alicyclic amines) is 1. The zero-order chi connectivity index (χ0) is 28.9. The van der Waals surface area contributed by atoms with Crippen LogP contribution in [0.4, 0.5) is 21.6 Å². The van der Waals surface area contributed by atoms with Crippen LogP contribution in [0.2, 0.25) is 5.02 Å². The second-order valence-corrected chi connectivity index (χ2v) is 9.91. The largest absolute Gasteiger partial charge is 0.494 e. The molecule has 1 aliphatic heterocycles. The van der Waals surface area contributed by atoms with Gasteiger partial charge in [-0.3, -0.25) is 9.69 Å².